The SMILES string of the molecule is COc1ccc(Br)cc1/C=N\NC(=O)CC(=O)NCCc1ccccc1. The van der Waals surface area contributed by atoms with Crippen molar-refractivity contribution in [2.24, 2.45) is 5.10 Å². The normalized spacial score (nSPS) is 10.5. The molecular formula is C19H20BrN3O3. The van der Waals surface area contributed by atoms with Crippen molar-refractivity contribution in [2.45, 2.75) is 12.8 Å². The van der Waals surface area contributed by atoms with E-state index in [1.807, 2.05) is 42.5 Å². The van der Waals surface area contributed by atoms with Crippen LogP contribution in [-0.4, -0.2) is 31.7 Å². The van der Waals surface area contributed by atoms with Crippen LogP contribution in [0.2, 0.25) is 0 Å². The van der Waals surface area contributed by atoms with Gasteiger partial charge >= 0.3 is 0 Å². The molecule has 2 N–H and O–H groups in total. The van der Waals surface area contributed by atoms with Crippen LogP contribution < -0.4 is 15.5 Å². The van der Waals surface area contributed by atoms with E-state index in [0.29, 0.717) is 17.9 Å². The third-order valence-corrected chi connectivity index (χ3v) is 3.98. The molecule has 2 aromatic rings. The first-order valence-electron chi connectivity index (χ1n) is 8.04. The molecule has 136 valence electrons. The molecule has 7 heteroatoms. The maximum absolute atomic E-state index is 11.8. The highest BCUT2D eigenvalue weighted by Gasteiger charge is 2.08. The number of carbonyl (C=O) groups is 2. The van der Waals surface area contributed by atoms with Gasteiger partial charge in [-0.15, -0.1) is 0 Å². The third-order valence-electron chi connectivity index (χ3n) is 3.48. The van der Waals surface area contributed by atoms with Crippen molar-refractivity contribution in [3.8, 4) is 5.75 Å². The molecule has 0 saturated heterocycles. The number of rotatable bonds is 8. The molecule has 0 spiro atoms. The summed E-state index contributed by atoms with van der Waals surface area (Å²) in [5.41, 5.74) is 4.17. The standard InChI is InChI=1S/C19H20BrN3O3/c1-26-17-8-7-16(20)11-15(17)13-22-23-19(25)12-18(24)21-10-9-14-5-3-2-4-6-14/h2-8,11,13H,9-10,12H2,1H3,(H,21,24)(H,23,25)/b22-13-. The van der Waals surface area contributed by atoms with E-state index < -0.39 is 5.91 Å². The second kappa shape index (κ2) is 10.4. The fourth-order valence-corrected chi connectivity index (χ4v) is 2.60. The van der Waals surface area contributed by atoms with Gasteiger partial charge in [0.1, 0.15) is 12.2 Å². The number of nitrogens with one attached hydrogen (secondary N) is 2. The van der Waals surface area contributed by atoms with Gasteiger partial charge in [-0.1, -0.05) is 46.3 Å². The van der Waals surface area contributed by atoms with Crippen LogP contribution in [0.1, 0.15) is 17.5 Å². The summed E-state index contributed by atoms with van der Waals surface area (Å²) in [6, 6.07) is 15.3. The Balaban J connectivity index is 1.74. The Labute approximate surface area is 160 Å². The van der Waals surface area contributed by atoms with Crippen molar-refractivity contribution in [3.05, 3.63) is 64.1 Å². The van der Waals surface area contributed by atoms with Crippen molar-refractivity contribution in [3.63, 3.8) is 0 Å². The van der Waals surface area contributed by atoms with Crippen LogP contribution in [0, 0.1) is 0 Å². The lowest BCUT2D eigenvalue weighted by Gasteiger charge is -2.05. The minimum atomic E-state index is -0.479. The van der Waals surface area contributed by atoms with Crippen molar-refractivity contribution in [1.82, 2.24) is 10.7 Å². The lowest BCUT2D eigenvalue weighted by molar-refractivity contribution is -0.129. The van der Waals surface area contributed by atoms with Gasteiger partial charge in [0.2, 0.25) is 11.8 Å². The summed E-state index contributed by atoms with van der Waals surface area (Å²) in [7, 11) is 1.55. The van der Waals surface area contributed by atoms with E-state index in [9.17, 15) is 9.59 Å². The quantitative estimate of drug-likeness (QED) is 0.393. The second-order valence-electron chi connectivity index (χ2n) is 5.44. The molecule has 6 nitrogen and oxygen atoms in total. The highest BCUT2D eigenvalue weighted by atomic mass is 79.9. The number of benzene rings is 2. The van der Waals surface area contributed by atoms with Crippen LogP contribution in [0.3, 0.4) is 0 Å². The number of ether oxygens (including phenoxy) is 1. The Morgan fingerprint density at radius 3 is 2.65 bits per heavy atom. The average Bonchev–Trinajstić information content (AvgIpc) is 2.63. The maximum atomic E-state index is 11.8. The summed E-state index contributed by atoms with van der Waals surface area (Å²) in [6.45, 7) is 0.481. The summed E-state index contributed by atoms with van der Waals surface area (Å²) >= 11 is 3.36. The number of hydrogen-bond donors (Lipinski definition) is 2. The molecule has 2 aromatic carbocycles. The van der Waals surface area contributed by atoms with Crippen LogP contribution >= 0.6 is 15.9 Å². The first-order chi connectivity index (χ1) is 12.6. The smallest absolute Gasteiger partial charge is 0.249 e. The van der Waals surface area contributed by atoms with E-state index in [0.717, 1.165) is 16.5 Å². The fraction of sp³-hybridized carbons (Fsp3) is 0.211. The van der Waals surface area contributed by atoms with Gasteiger partial charge in [-0.05, 0) is 30.2 Å². The molecule has 0 aliphatic rings. The first kappa shape index (κ1) is 19.7. The minimum absolute atomic E-state index is 0.276. The number of hydrazone groups is 1. The van der Waals surface area contributed by atoms with Crippen molar-refractivity contribution < 1.29 is 14.3 Å². The van der Waals surface area contributed by atoms with Crippen molar-refractivity contribution in [2.75, 3.05) is 13.7 Å². The Morgan fingerprint density at radius 2 is 1.92 bits per heavy atom. The van der Waals surface area contributed by atoms with Crippen LogP contribution in [-0.2, 0) is 16.0 Å². The zero-order valence-electron chi connectivity index (χ0n) is 14.4. The molecule has 0 saturated carbocycles. The van der Waals surface area contributed by atoms with E-state index in [2.05, 4.69) is 31.8 Å². The highest BCUT2D eigenvalue weighted by molar-refractivity contribution is 9.10. The molecule has 2 rings (SSSR count). The number of methoxy groups -OCH3 is 1. The first-order valence-corrected chi connectivity index (χ1v) is 8.84. The summed E-state index contributed by atoms with van der Waals surface area (Å²) in [5.74, 6) is -0.189. The maximum Gasteiger partial charge on any atom is 0.249 e. The van der Waals surface area contributed by atoms with E-state index in [1.54, 1.807) is 13.2 Å². The van der Waals surface area contributed by atoms with Crippen LogP contribution in [0.15, 0.2) is 58.1 Å². The number of halogens is 1. The molecule has 0 radical (unpaired) electrons. The Morgan fingerprint density at radius 1 is 1.15 bits per heavy atom. The Hall–Kier alpha value is -2.67. The zero-order chi connectivity index (χ0) is 18.8. The van der Waals surface area contributed by atoms with E-state index >= 15 is 0 Å². The summed E-state index contributed by atoms with van der Waals surface area (Å²) in [6.07, 6.45) is 1.91. The monoisotopic (exact) mass is 417 g/mol. The van der Waals surface area contributed by atoms with Gasteiger partial charge in [-0.25, -0.2) is 5.43 Å². The number of hydrogen-bond acceptors (Lipinski definition) is 4. The molecule has 0 heterocycles. The number of amides is 2. The molecule has 0 unspecified atom stereocenters. The number of nitrogens with zero attached hydrogens (tertiary/aromatic N) is 1. The minimum Gasteiger partial charge on any atom is -0.496 e. The molecule has 0 aliphatic carbocycles. The van der Waals surface area contributed by atoms with Gasteiger partial charge in [0.05, 0.1) is 13.3 Å². The van der Waals surface area contributed by atoms with Crippen molar-refractivity contribution >= 4 is 34.0 Å². The van der Waals surface area contributed by atoms with Crippen LogP contribution in [0.5, 0.6) is 5.75 Å². The fourth-order valence-electron chi connectivity index (χ4n) is 2.22. The largest absolute Gasteiger partial charge is 0.496 e. The summed E-state index contributed by atoms with van der Waals surface area (Å²) in [5, 5.41) is 6.58. The average molecular weight is 418 g/mol. The summed E-state index contributed by atoms with van der Waals surface area (Å²) in [4.78, 5) is 23.5. The molecule has 0 bridgehead atoms. The second-order valence-corrected chi connectivity index (χ2v) is 6.36. The predicted octanol–water partition coefficient (Wildman–Crippen LogP) is 2.66. The lowest BCUT2D eigenvalue weighted by Crippen LogP contribution is -2.31. The Kier molecular flexibility index (Phi) is 7.82. The Bertz CT molecular complexity index is 779. The van der Waals surface area contributed by atoms with Gasteiger partial charge in [-0.3, -0.25) is 9.59 Å². The van der Waals surface area contributed by atoms with Gasteiger partial charge in [0, 0.05) is 16.6 Å². The molecule has 0 fully saturated rings. The third kappa shape index (κ3) is 6.68. The molecule has 2 amide bonds. The van der Waals surface area contributed by atoms with E-state index in [1.165, 1.54) is 6.21 Å². The highest BCUT2D eigenvalue weighted by Crippen LogP contribution is 2.21. The zero-order valence-corrected chi connectivity index (χ0v) is 16.0. The number of carbonyl (C=O) groups excluding carboxylic acids is 2. The van der Waals surface area contributed by atoms with Gasteiger partial charge < -0.3 is 10.1 Å². The molecule has 26 heavy (non-hydrogen) atoms. The van der Waals surface area contributed by atoms with E-state index in [-0.39, 0.29) is 12.3 Å². The molecule has 0 aromatic heterocycles. The molecule has 0 aliphatic heterocycles. The van der Waals surface area contributed by atoms with Crippen LogP contribution in [0.4, 0.5) is 0 Å². The van der Waals surface area contributed by atoms with Gasteiger partial charge in [0.15, 0.2) is 0 Å². The summed E-state index contributed by atoms with van der Waals surface area (Å²) < 4.78 is 6.08. The molecular weight excluding hydrogens is 398 g/mol. The van der Waals surface area contributed by atoms with E-state index in [4.69, 9.17) is 4.74 Å². The molecule has 0 atom stereocenters. The van der Waals surface area contributed by atoms with Gasteiger partial charge in [-0.2, -0.15) is 5.10 Å². The lowest BCUT2D eigenvalue weighted by atomic mass is 10.1. The van der Waals surface area contributed by atoms with Crippen molar-refractivity contribution in [1.29, 1.82) is 0 Å². The topological polar surface area (TPSA) is 79.8 Å². The van der Waals surface area contributed by atoms with Gasteiger partial charge in [0.25, 0.3) is 0 Å². The predicted molar refractivity (Wildman–Crippen MR) is 104 cm³/mol. The van der Waals surface area contributed by atoms with Crippen LogP contribution in [0.25, 0.3) is 0 Å².